The number of imide groups is 2. The van der Waals surface area contributed by atoms with Crippen LogP contribution in [0.25, 0.3) is 0 Å². The van der Waals surface area contributed by atoms with Gasteiger partial charge in [0.1, 0.15) is 6.42 Å². The summed E-state index contributed by atoms with van der Waals surface area (Å²) in [6, 6.07) is 16.5. The zero-order valence-corrected chi connectivity index (χ0v) is 14.9. The first kappa shape index (κ1) is 17.9. The summed E-state index contributed by atoms with van der Waals surface area (Å²) in [5.74, 6) is -0.885. The lowest BCUT2D eigenvalue weighted by atomic mass is 10.1. The molecule has 0 unspecified atom stereocenters. The van der Waals surface area contributed by atoms with Crippen molar-refractivity contribution in [2.45, 2.75) is 32.6 Å². The van der Waals surface area contributed by atoms with Crippen molar-refractivity contribution in [3.8, 4) is 0 Å². The van der Waals surface area contributed by atoms with Crippen LogP contribution in [0.3, 0.4) is 0 Å². The predicted octanol–water partition coefficient (Wildman–Crippen LogP) is 3.70. The lowest BCUT2D eigenvalue weighted by molar-refractivity contribution is -0.134. The Morgan fingerprint density at radius 3 is 2.23 bits per heavy atom. The summed E-state index contributed by atoms with van der Waals surface area (Å²) in [7, 11) is 0. The Bertz CT molecular complexity index is 800. The molecule has 3 rings (SSSR count). The number of anilines is 1. The van der Waals surface area contributed by atoms with E-state index in [-0.39, 0.29) is 6.42 Å². The molecule has 134 valence electrons. The van der Waals surface area contributed by atoms with Gasteiger partial charge < -0.3 is 0 Å². The molecule has 0 N–H and O–H groups in total. The molecule has 2 aromatic rings. The monoisotopic (exact) mass is 350 g/mol. The van der Waals surface area contributed by atoms with Crippen molar-refractivity contribution in [3.63, 3.8) is 0 Å². The van der Waals surface area contributed by atoms with E-state index < -0.39 is 17.8 Å². The lowest BCUT2D eigenvalue weighted by Gasteiger charge is -2.32. The Morgan fingerprint density at radius 1 is 0.846 bits per heavy atom. The number of hydrogen-bond donors (Lipinski definition) is 0. The molecule has 0 aliphatic carbocycles. The molecule has 5 nitrogen and oxygen atoms in total. The van der Waals surface area contributed by atoms with Gasteiger partial charge in [0.2, 0.25) is 11.8 Å². The van der Waals surface area contributed by atoms with Crippen molar-refractivity contribution in [1.29, 1.82) is 0 Å². The molecule has 0 radical (unpaired) electrons. The molecular weight excluding hydrogens is 328 g/mol. The first-order valence-corrected chi connectivity index (χ1v) is 8.84. The average molecular weight is 350 g/mol. The van der Waals surface area contributed by atoms with Gasteiger partial charge in [0, 0.05) is 6.54 Å². The van der Waals surface area contributed by atoms with Crippen LogP contribution in [0, 0.1) is 6.92 Å². The van der Waals surface area contributed by atoms with E-state index in [9.17, 15) is 14.4 Å². The van der Waals surface area contributed by atoms with Crippen molar-refractivity contribution >= 4 is 23.5 Å². The summed E-state index contributed by atoms with van der Waals surface area (Å²) in [5.41, 5.74) is 2.97. The van der Waals surface area contributed by atoms with Gasteiger partial charge in [-0.15, -0.1) is 0 Å². The number of unbranched alkanes of at least 4 members (excludes halogenated alkanes) is 1. The smallest absolute Gasteiger partial charge is 0.274 e. The fourth-order valence-corrected chi connectivity index (χ4v) is 3.04. The summed E-state index contributed by atoms with van der Waals surface area (Å²) in [4.78, 5) is 39.3. The molecule has 0 spiro atoms. The van der Waals surface area contributed by atoms with E-state index in [4.69, 9.17) is 0 Å². The number of nitrogens with zero attached hydrogens (tertiary/aromatic N) is 2. The Hall–Kier alpha value is -2.95. The molecule has 2 aromatic carbocycles. The van der Waals surface area contributed by atoms with E-state index in [1.807, 2.05) is 6.07 Å². The van der Waals surface area contributed by atoms with Crippen LogP contribution in [0.2, 0.25) is 0 Å². The fraction of sp³-hybridized carbons (Fsp3) is 0.286. The maximum absolute atomic E-state index is 12.7. The second-order valence-corrected chi connectivity index (χ2v) is 6.51. The predicted molar refractivity (Wildman–Crippen MR) is 99.8 cm³/mol. The number of amides is 4. The topological polar surface area (TPSA) is 57.7 Å². The molecule has 0 bridgehead atoms. The maximum Gasteiger partial charge on any atom is 0.338 e. The Kier molecular flexibility index (Phi) is 5.46. The highest BCUT2D eigenvalue weighted by Gasteiger charge is 2.38. The van der Waals surface area contributed by atoms with E-state index in [1.54, 1.807) is 24.3 Å². The van der Waals surface area contributed by atoms with Gasteiger partial charge in [0.15, 0.2) is 0 Å². The van der Waals surface area contributed by atoms with Crippen LogP contribution in [-0.4, -0.2) is 29.3 Å². The summed E-state index contributed by atoms with van der Waals surface area (Å²) in [6.45, 7) is 2.39. The normalized spacial score (nSPS) is 14.9. The van der Waals surface area contributed by atoms with Crippen molar-refractivity contribution in [3.05, 3.63) is 65.7 Å². The number of benzene rings is 2. The number of rotatable bonds is 6. The molecule has 1 heterocycles. The second-order valence-electron chi connectivity index (χ2n) is 6.51. The van der Waals surface area contributed by atoms with Crippen LogP contribution in [0.4, 0.5) is 10.5 Å². The first-order valence-electron chi connectivity index (χ1n) is 8.84. The summed E-state index contributed by atoms with van der Waals surface area (Å²) in [6.07, 6.45) is 2.22. The Balaban J connectivity index is 1.59. The highest BCUT2D eigenvalue weighted by molar-refractivity contribution is 6.26. The summed E-state index contributed by atoms with van der Waals surface area (Å²) < 4.78 is 0. The van der Waals surface area contributed by atoms with Crippen molar-refractivity contribution in [2.75, 3.05) is 11.4 Å². The van der Waals surface area contributed by atoms with Gasteiger partial charge in [-0.25, -0.2) is 9.69 Å². The van der Waals surface area contributed by atoms with Crippen LogP contribution >= 0.6 is 0 Å². The van der Waals surface area contributed by atoms with Crippen LogP contribution < -0.4 is 4.90 Å². The molecule has 1 aliphatic heterocycles. The van der Waals surface area contributed by atoms with Gasteiger partial charge in [-0.3, -0.25) is 14.5 Å². The van der Waals surface area contributed by atoms with Crippen LogP contribution in [0.5, 0.6) is 0 Å². The first-order chi connectivity index (χ1) is 12.6. The lowest BCUT2D eigenvalue weighted by Crippen LogP contribution is -2.55. The molecule has 0 saturated carbocycles. The number of barbiturate groups is 1. The van der Waals surface area contributed by atoms with Gasteiger partial charge >= 0.3 is 6.03 Å². The third-order valence-electron chi connectivity index (χ3n) is 4.51. The Labute approximate surface area is 153 Å². The summed E-state index contributed by atoms with van der Waals surface area (Å²) >= 11 is 0. The van der Waals surface area contributed by atoms with E-state index in [0.717, 1.165) is 17.7 Å². The average Bonchev–Trinajstić information content (AvgIpc) is 2.63. The summed E-state index contributed by atoms with van der Waals surface area (Å²) in [5, 5.41) is 0. The highest BCUT2D eigenvalue weighted by Crippen LogP contribution is 2.22. The van der Waals surface area contributed by atoms with Gasteiger partial charge in [-0.05, 0) is 43.9 Å². The largest absolute Gasteiger partial charge is 0.338 e. The zero-order chi connectivity index (χ0) is 18.5. The van der Waals surface area contributed by atoms with E-state index in [0.29, 0.717) is 18.7 Å². The van der Waals surface area contributed by atoms with Gasteiger partial charge in [-0.1, -0.05) is 48.0 Å². The highest BCUT2D eigenvalue weighted by atomic mass is 16.2. The van der Waals surface area contributed by atoms with Crippen LogP contribution in [0.15, 0.2) is 54.6 Å². The number of carbonyl (C=O) groups excluding carboxylic acids is 3. The van der Waals surface area contributed by atoms with Crippen LogP contribution in [0.1, 0.15) is 30.4 Å². The van der Waals surface area contributed by atoms with Crippen molar-refractivity contribution < 1.29 is 14.4 Å². The van der Waals surface area contributed by atoms with Gasteiger partial charge in [-0.2, -0.15) is 0 Å². The second kappa shape index (κ2) is 7.95. The third-order valence-corrected chi connectivity index (χ3v) is 4.51. The SMILES string of the molecule is Cc1ccc(CCCCN2C(=O)CC(=O)N(c3ccccc3)C2=O)cc1. The third kappa shape index (κ3) is 3.99. The van der Waals surface area contributed by atoms with E-state index in [1.165, 1.54) is 16.0 Å². The molecule has 1 saturated heterocycles. The molecule has 0 aromatic heterocycles. The van der Waals surface area contributed by atoms with Crippen LogP contribution in [-0.2, 0) is 16.0 Å². The quantitative estimate of drug-likeness (QED) is 0.589. The number of para-hydroxylation sites is 1. The number of aryl methyl sites for hydroxylation is 2. The minimum Gasteiger partial charge on any atom is -0.274 e. The molecular formula is C21H22N2O3. The minimum atomic E-state index is -0.548. The zero-order valence-electron chi connectivity index (χ0n) is 14.9. The molecule has 1 fully saturated rings. The van der Waals surface area contributed by atoms with E-state index >= 15 is 0 Å². The molecule has 1 aliphatic rings. The molecule has 5 heteroatoms. The standard InChI is InChI=1S/C21H22N2O3/c1-16-10-12-17(13-11-16)7-5-6-14-22-19(24)15-20(25)23(21(22)26)18-8-3-2-4-9-18/h2-4,8-13H,5-7,14-15H2,1H3. The maximum atomic E-state index is 12.7. The number of urea groups is 1. The number of carbonyl (C=O) groups is 3. The minimum absolute atomic E-state index is 0.265. The van der Waals surface area contributed by atoms with E-state index in [2.05, 4.69) is 31.2 Å². The van der Waals surface area contributed by atoms with Gasteiger partial charge in [0.05, 0.1) is 5.69 Å². The van der Waals surface area contributed by atoms with Gasteiger partial charge in [0.25, 0.3) is 0 Å². The Morgan fingerprint density at radius 2 is 1.54 bits per heavy atom. The van der Waals surface area contributed by atoms with Crippen molar-refractivity contribution in [2.24, 2.45) is 0 Å². The molecule has 4 amide bonds. The van der Waals surface area contributed by atoms with Crippen molar-refractivity contribution in [1.82, 2.24) is 4.90 Å². The molecule has 0 atom stereocenters. The number of hydrogen-bond acceptors (Lipinski definition) is 3. The fourth-order valence-electron chi connectivity index (χ4n) is 3.04. The molecule has 26 heavy (non-hydrogen) atoms.